The predicted octanol–water partition coefficient (Wildman–Crippen LogP) is 2.84. The average molecular weight is 562 g/mol. The minimum atomic E-state index is -3.90. The van der Waals surface area contributed by atoms with Crippen molar-refractivity contribution in [3.8, 4) is 0 Å². The zero-order valence-corrected chi connectivity index (χ0v) is 23.3. The van der Waals surface area contributed by atoms with Gasteiger partial charge in [0, 0.05) is 24.7 Å². The van der Waals surface area contributed by atoms with Crippen LogP contribution >= 0.6 is 0 Å². The number of hydrogen-bond donors (Lipinski definition) is 1. The van der Waals surface area contributed by atoms with Gasteiger partial charge in [0.15, 0.2) is 11.5 Å². The third kappa shape index (κ3) is 4.57. The van der Waals surface area contributed by atoms with Gasteiger partial charge in [-0.05, 0) is 58.7 Å². The second-order valence-electron chi connectivity index (χ2n) is 9.95. The van der Waals surface area contributed by atoms with Gasteiger partial charge >= 0.3 is 0 Å². The predicted molar refractivity (Wildman–Crippen MR) is 144 cm³/mol. The van der Waals surface area contributed by atoms with Crippen LogP contribution in [0.25, 0.3) is 22.1 Å². The van der Waals surface area contributed by atoms with E-state index >= 15 is 0 Å². The van der Waals surface area contributed by atoms with Crippen LogP contribution in [0.4, 0.5) is 0 Å². The zero-order chi connectivity index (χ0) is 27.5. The van der Waals surface area contributed by atoms with Crippen molar-refractivity contribution in [2.45, 2.75) is 57.1 Å². The van der Waals surface area contributed by atoms with E-state index in [0.29, 0.717) is 48.2 Å². The Bertz CT molecular complexity index is 1720. The van der Waals surface area contributed by atoms with E-state index in [1.807, 2.05) is 11.9 Å². The summed E-state index contributed by atoms with van der Waals surface area (Å²) in [5.74, 6) is 0.284. The van der Waals surface area contributed by atoms with Gasteiger partial charge in [-0.25, -0.2) is 27.0 Å². The van der Waals surface area contributed by atoms with Gasteiger partial charge in [-0.3, -0.25) is 4.18 Å². The maximum absolute atomic E-state index is 13.5. The van der Waals surface area contributed by atoms with Crippen molar-refractivity contribution in [1.29, 1.82) is 0 Å². The minimum absolute atomic E-state index is 0.0991. The Morgan fingerprint density at radius 2 is 1.76 bits per heavy atom. The third-order valence-electron chi connectivity index (χ3n) is 7.01. The fourth-order valence-electron chi connectivity index (χ4n) is 4.82. The number of aliphatic hydroxyl groups excluding tert-OH is 1. The maximum Gasteiger partial charge on any atom is 0.269 e. The fourth-order valence-corrected chi connectivity index (χ4v) is 7.02. The average Bonchev–Trinajstić information content (AvgIpc) is 3.46. The van der Waals surface area contributed by atoms with Crippen molar-refractivity contribution >= 4 is 42.2 Å². The first-order chi connectivity index (χ1) is 17.8. The molecule has 1 aliphatic rings. The Kier molecular flexibility index (Phi) is 6.53. The van der Waals surface area contributed by atoms with Crippen LogP contribution in [0.3, 0.4) is 0 Å². The van der Waals surface area contributed by atoms with Crippen LogP contribution in [0.15, 0.2) is 47.6 Å². The molecule has 4 heterocycles. The molecule has 1 aromatic carbocycles. The van der Waals surface area contributed by atoms with E-state index in [9.17, 15) is 21.9 Å². The highest BCUT2D eigenvalue weighted by Crippen LogP contribution is 2.33. The number of aryl methyl sites for hydroxylation is 1. The van der Waals surface area contributed by atoms with E-state index in [-0.39, 0.29) is 16.3 Å². The highest BCUT2D eigenvalue weighted by Gasteiger charge is 2.37. The summed E-state index contributed by atoms with van der Waals surface area (Å²) in [6.07, 6.45) is 2.93. The van der Waals surface area contributed by atoms with E-state index in [0.717, 1.165) is 9.54 Å². The van der Waals surface area contributed by atoms with Gasteiger partial charge in [0.25, 0.3) is 20.1 Å². The lowest BCUT2D eigenvalue weighted by molar-refractivity contribution is 0.0638. The Morgan fingerprint density at radius 3 is 2.37 bits per heavy atom. The smallest absolute Gasteiger partial charge is 0.269 e. The van der Waals surface area contributed by atoms with Crippen molar-refractivity contribution in [3.63, 3.8) is 0 Å². The SMILES string of the molecule is CCS(=O)(=O)OC1(C)CCN(n2c(C(C)O)nc3cnc4c(ccn4S(=O)(=O)c4ccc(C)cc4)c32)CC1. The van der Waals surface area contributed by atoms with Crippen LogP contribution in [-0.2, 0) is 24.3 Å². The molecule has 13 heteroatoms. The number of hydrogen-bond acceptors (Lipinski definition) is 9. The van der Waals surface area contributed by atoms with E-state index in [1.165, 1.54) is 12.4 Å². The van der Waals surface area contributed by atoms with Crippen molar-refractivity contribution in [1.82, 2.24) is 18.6 Å². The molecule has 4 aromatic rings. The Hall–Kier alpha value is -3.00. The first-order valence-electron chi connectivity index (χ1n) is 12.4. The summed E-state index contributed by atoms with van der Waals surface area (Å²) in [5, 5.41) is 13.1. The molecule has 38 heavy (non-hydrogen) atoms. The van der Waals surface area contributed by atoms with Crippen molar-refractivity contribution < 1.29 is 26.1 Å². The van der Waals surface area contributed by atoms with Crippen LogP contribution in [0.5, 0.6) is 0 Å². The molecule has 1 N–H and O–H groups in total. The monoisotopic (exact) mass is 561 g/mol. The molecule has 0 spiro atoms. The lowest BCUT2D eigenvalue weighted by Crippen LogP contribution is -2.50. The Labute approximate surface area is 221 Å². The van der Waals surface area contributed by atoms with Gasteiger partial charge in [-0.1, -0.05) is 17.7 Å². The minimum Gasteiger partial charge on any atom is -0.385 e. The number of aliphatic hydroxyl groups is 1. The van der Waals surface area contributed by atoms with Crippen molar-refractivity contribution in [2.75, 3.05) is 23.9 Å². The summed E-state index contributed by atoms with van der Waals surface area (Å²) in [7, 11) is -7.52. The topological polar surface area (TPSA) is 137 Å². The van der Waals surface area contributed by atoms with E-state index in [4.69, 9.17) is 4.18 Å². The molecule has 5 rings (SSSR count). The van der Waals surface area contributed by atoms with Gasteiger partial charge in [0.05, 0.1) is 22.4 Å². The van der Waals surface area contributed by atoms with Gasteiger partial charge < -0.3 is 10.1 Å². The quantitative estimate of drug-likeness (QED) is 0.338. The molecule has 0 aliphatic carbocycles. The molecule has 1 saturated heterocycles. The highest BCUT2D eigenvalue weighted by atomic mass is 32.2. The van der Waals surface area contributed by atoms with Gasteiger partial charge in [0.1, 0.15) is 17.1 Å². The Balaban J connectivity index is 1.60. The van der Waals surface area contributed by atoms with Crippen LogP contribution in [0.1, 0.15) is 51.1 Å². The van der Waals surface area contributed by atoms with E-state index in [1.54, 1.807) is 55.8 Å². The molecule has 1 unspecified atom stereocenters. The normalized spacial score (nSPS) is 17.3. The summed E-state index contributed by atoms with van der Waals surface area (Å²) in [6.45, 7) is 7.71. The molecule has 1 fully saturated rings. The second-order valence-corrected chi connectivity index (χ2v) is 13.6. The number of pyridine rings is 1. The molecular weight excluding hydrogens is 530 g/mol. The lowest BCUT2D eigenvalue weighted by atomic mass is 9.95. The second kappa shape index (κ2) is 9.33. The number of benzene rings is 1. The van der Waals surface area contributed by atoms with Crippen molar-refractivity contribution in [2.24, 2.45) is 0 Å². The van der Waals surface area contributed by atoms with E-state index in [2.05, 4.69) is 9.97 Å². The largest absolute Gasteiger partial charge is 0.385 e. The molecule has 3 aromatic heterocycles. The number of fused-ring (bicyclic) bond motifs is 3. The summed E-state index contributed by atoms with van der Waals surface area (Å²) in [4.78, 5) is 9.19. The Morgan fingerprint density at radius 1 is 1.11 bits per heavy atom. The highest BCUT2D eigenvalue weighted by molar-refractivity contribution is 7.90. The van der Waals surface area contributed by atoms with Crippen LogP contribution in [0, 0.1) is 6.92 Å². The number of imidazole rings is 1. The molecule has 204 valence electrons. The van der Waals surface area contributed by atoms with Crippen LogP contribution in [-0.4, -0.2) is 65.0 Å². The summed E-state index contributed by atoms with van der Waals surface area (Å²) in [5.41, 5.74) is 1.49. The van der Waals surface area contributed by atoms with E-state index < -0.39 is 31.8 Å². The molecule has 0 saturated carbocycles. The lowest BCUT2D eigenvalue weighted by Gasteiger charge is -2.40. The molecule has 0 radical (unpaired) electrons. The third-order valence-corrected chi connectivity index (χ3v) is 10.1. The summed E-state index contributed by atoms with van der Waals surface area (Å²) < 4.78 is 59.6. The molecule has 0 bridgehead atoms. The maximum atomic E-state index is 13.5. The number of aromatic nitrogens is 4. The van der Waals surface area contributed by atoms with Gasteiger partial charge in [0.2, 0.25) is 0 Å². The number of nitrogens with zero attached hydrogens (tertiary/aromatic N) is 5. The van der Waals surface area contributed by atoms with Gasteiger partial charge in [-0.2, -0.15) is 8.42 Å². The molecule has 0 amide bonds. The summed E-state index contributed by atoms with van der Waals surface area (Å²) >= 11 is 0. The molecule has 1 atom stereocenters. The summed E-state index contributed by atoms with van der Waals surface area (Å²) in [6, 6.07) is 8.31. The number of rotatable bonds is 7. The first-order valence-corrected chi connectivity index (χ1v) is 15.4. The van der Waals surface area contributed by atoms with Gasteiger partial charge in [-0.15, -0.1) is 0 Å². The standard InChI is InChI=1S/C25H31N5O6S2/c1-5-37(32,33)36-25(4)11-14-28(15-12-25)30-22-20-10-13-29(38(34,35)19-8-6-17(2)7-9-19)24(20)26-16-21(22)27-23(30)18(3)31/h6-10,13,16,18,31H,5,11-12,14-15H2,1-4H3. The molecular formula is C25H31N5O6S2. The van der Waals surface area contributed by atoms with Crippen LogP contribution < -0.4 is 5.01 Å². The molecule has 1 aliphatic heterocycles. The first kappa shape index (κ1) is 26.6. The van der Waals surface area contributed by atoms with Crippen molar-refractivity contribution in [3.05, 3.63) is 54.1 Å². The zero-order valence-electron chi connectivity index (χ0n) is 21.7. The van der Waals surface area contributed by atoms with Crippen LogP contribution in [0.2, 0.25) is 0 Å². The fraction of sp³-hybridized carbons (Fsp3) is 0.440. The number of piperidine rings is 1. The molecule has 11 nitrogen and oxygen atoms in total.